The first kappa shape index (κ1) is 18.9. The third-order valence-corrected chi connectivity index (χ3v) is 6.32. The average Bonchev–Trinajstić information content (AvgIpc) is 3.38. The van der Waals surface area contributed by atoms with Gasteiger partial charge in [0.05, 0.1) is 7.11 Å². The number of pyridine rings is 1. The lowest BCUT2D eigenvalue weighted by atomic mass is 9.80. The number of ether oxygens (including phenoxy) is 2. The van der Waals surface area contributed by atoms with Gasteiger partial charge in [-0.25, -0.2) is 9.78 Å². The maximum absolute atomic E-state index is 12.9. The highest BCUT2D eigenvalue weighted by atomic mass is 16.5. The van der Waals surface area contributed by atoms with E-state index in [2.05, 4.69) is 20.3 Å². The van der Waals surface area contributed by atoms with Crippen molar-refractivity contribution in [1.82, 2.24) is 19.9 Å². The molecule has 2 amide bonds. The minimum absolute atomic E-state index is 0.123. The molecular weight excluding hydrogens is 382 g/mol. The van der Waals surface area contributed by atoms with Gasteiger partial charge in [-0.15, -0.1) is 0 Å². The number of carbonyl (C=O) groups is 1. The van der Waals surface area contributed by atoms with Crippen LogP contribution in [0.1, 0.15) is 19.3 Å². The molecule has 30 heavy (non-hydrogen) atoms. The second-order valence-electron chi connectivity index (χ2n) is 8.07. The van der Waals surface area contributed by atoms with Crippen molar-refractivity contribution in [2.24, 2.45) is 5.41 Å². The maximum Gasteiger partial charge on any atom is 0.324 e. The van der Waals surface area contributed by atoms with Gasteiger partial charge in [-0.3, -0.25) is 10.3 Å². The van der Waals surface area contributed by atoms with Gasteiger partial charge in [0, 0.05) is 44.3 Å². The molecule has 3 aromatic rings. The zero-order valence-electron chi connectivity index (χ0n) is 17.0. The average molecular weight is 407 g/mol. The Hall–Kier alpha value is -3.13. The summed E-state index contributed by atoms with van der Waals surface area (Å²) in [6.45, 7) is 3.11. The van der Waals surface area contributed by atoms with Gasteiger partial charge in [0.25, 0.3) is 0 Å². The number of benzene rings is 1. The number of rotatable bonds is 3. The number of likely N-dealkylation sites (tertiary alicyclic amines) is 1. The molecule has 2 aliphatic heterocycles. The Labute approximate surface area is 174 Å². The van der Waals surface area contributed by atoms with Gasteiger partial charge in [-0.2, -0.15) is 0 Å². The molecule has 156 valence electrons. The van der Waals surface area contributed by atoms with Crippen LogP contribution >= 0.6 is 0 Å². The van der Waals surface area contributed by atoms with Crippen LogP contribution in [0.3, 0.4) is 0 Å². The van der Waals surface area contributed by atoms with E-state index in [9.17, 15) is 4.79 Å². The number of aromatic nitrogens is 3. The molecule has 2 saturated heterocycles. The summed E-state index contributed by atoms with van der Waals surface area (Å²) in [6.07, 6.45) is 6.58. The lowest BCUT2D eigenvalue weighted by molar-refractivity contribution is 0.0211. The normalized spacial score (nSPS) is 18.1. The molecule has 0 aliphatic carbocycles. The minimum Gasteiger partial charge on any atom is -0.494 e. The third-order valence-electron chi connectivity index (χ3n) is 6.32. The molecule has 0 radical (unpaired) electrons. The summed E-state index contributed by atoms with van der Waals surface area (Å²) in [7, 11) is 1.62. The van der Waals surface area contributed by atoms with Crippen LogP contribution in [-0.4, -0.2) is 59.3 Å². The second kappa shape index (κ2) is 7.60. The molecule has 0 bridgehead atoms. The van der Waals surface area contributed by atoms with Gasteiger partial charge in [-0.05, 0) is 54.5 Å². The van der Waals surface area contributed by atoms with Gasteiger partial charge in [0.2, 0.25) is 5.95 Å². The van der Waals surface area contributed by atoms with E-state index in [1.807, 2.05) is 29.2 Å². The van der Waals surface area contributed by atoms with E-state index in [1.165, 1.54) is 0 Å². The van der Waals surface area contributed by atoms with Crippen LogP contribution in [-0.2, 0) is 4.74 Å². The highest BCUT2D eigenvalue weighted by Crippen LogP contribution is 2.40. The number of nitrogens with zero attached hydrogens (tertiary/aromatic N) is 3. The SMILES string of the molecule is COc1ccc(-c2ccncc2)c2nc(NC(=O)N3CCC4(CCOCC4)C3)[nH]c12. The van der Waals surface area contributed by atoms with Crippen LogP contribution in [0.15, 0.2) is 36.7 Å². The Bertz CT molecular complexity index is 1060. The fourth-order valence-electron chi connectivity index (χ4n) is 4.56. The first-order valence-electron chi connectivity index (χ1n) is 10.3. The second-order valence-corrected chi connectivity index (χ2v) is 8.07. The molecule has 1 aromatic carbocycles. The lowest BCUT2D eigenvalue weighted by Crippen LogP contribution is -2.37. The van der Waals surface area contributed by atoms with Crippen molar-refractivity contribution < 1.29 is 14.3 Å². The number of fused-ring (bicyclic) bond motifs is 1. The Balaban J connectivity index is 1.40. The van der Waals surface area contributed by atoms with E-state index in [0.29, 0.717) is 11.7 Å². The zero-order valence-corrected chi connectivity index (χ0v) is 17.0. The predicted octanol–water partition coefficient (Wildman–Crippen LogP) is 3.67. The third kappa shape index (κ3) is 3.37. The number of aromatic amines is 1. The number of anilines is 1. The highest BCUT2D eigenvalue weighted by Gasteiger charge is 2.41. The predicted molar refractivity (Wildman–Crippen MR) is 114 cm³/mol. The molecule has 0 atom stereocenters. The van der Waals surface area contributed by atoms with Crippen molar-refractivity contribution in [3.63, 3.8) is 0 Å². The summed E-state index contributed by atoms with van der Waals surface area (Å²) in [5, 5.41) is 2.95. The van der Waals surface area contributed by atoms with Crippen molar-refractivity contribution in [1.29, 1.82) is 0 Å². The van der Waals surface area contributed by atoms with Crippen LogP contribution in [0, 0.1) is 5.41 Å². The molecule has 2 aromatic heterocycles. The van der Waals surface area contributed by atoms with Crippen molar-refractivity contribution >= 4 is 23.0 Å². The number of hydrogen-bond donors (Lipinski definition) is 2. The molecule has 2 aliphatic rings. The van der Waals surface area contributed by atoms with Gasteiger partial charge in [0.15, 0.2) is 0 Å². The maximum atomic E-state index is 12.9. The summed E-state index contributed by atoms with van der Waals surface area (Å²) in [5.41, 5.74) is 3.67. The van der Waals surface area contributed by atoms with E-state index >= 15 is 0 Å². The highest BCUT2D eigenvalue weighted by molar-refractivity contribution is 5.98. The molecule has 8 heteroatoms. The fraction of sp³-hybridized carbons (Fsp3) is 0.409. The van der Waals surface area contributed by atoms with Crippen molar-refractivity contribution in [2.75, 3.05) is 38.7 Å². The van der Waals surface area contributed by atoms with E-state index in [0.717, 1.165) is 67.7 Å². The number of nitrogens with one attached hydrogen (secondary N) is 2. The first-order valence-corrected chi connectivity index (χ1v) is 10.3. The number of imidazole rings is 1. The zero-order chi connectivity index (χ0) is 20.6. The number of urea groups is 1. The molecule has 8 nitrogen and oxygen atoms in total. The van der Waals surface area contributed by atoms with E-state index in [-0.39, 0.29) is 11.4 Å². The van der Waals surface area contributed by atoms with Crippen LogP contribution in [0.4, 0.5) is 10.7 Å². The Morgan fingerprint density at radius 1 is 1.20 bits per heavy atom. The standard InChI is InChI=1S/C22H25N5O3/c1-29-17-3-2-16(15-4-9-23-10-5-15)18-19(17)25-20(24-18)26-21(28)27-11-6-22(14-27)7-12-30-13-8-22/h2-5,9-10H,6-8,11-14H2,1H3,(H2,24,25,26,28). The monoisotopic (exact) mass is 407 g/mol. The van der Waals surface area contributed by atoms with Crippen molar-refractivity contribution in [2.45, 2.75) is 19.3 Å². The van der Waals surface area contributed by atoms with E-state index < -0.39 is 0 Å². The molecule has 2 N–H and O–H groups in total. The summed E-state index contributed by atoms with van der Waals surface area (Å²) < 4.78 is 11.0. The molecule has 2 fully saturated rings. The summed E-state index contributed by atoms with van der Waals surface area (Å²) in [6, 6.07) is 7.62. The lowest BCUT2D eigenvalue weighted by Gasteiger charge is -2.33. The number of carbonyl (C=O) groups excluding carboxylic acids is 1. The fourth-order valence-corrected chi connectivity index (χ4v) is 4.56. The van der Waals surface area contributed by atoms with Crippen LogP contribution < -0.4 is 10.1 Å². The number of H-pyrrole nitrogens is 1. The minimum atomic E-state index is -0.123. The largest absolute Gasteiger partial charge is 0.494 e. The van der Waals surface area contributed by atoms with Gasteiger partial charge in [0.1, 0.15) is 16.8 Å². The topological polar surface area (TPSA) is 92.4 Å². The summed E-state index contributed by atoms with van der Waals surface area (Å²) in [4.78, 5) is 26.8. The van der Waals surface area contributed by atoms with Crippen LogP contribution in [0.5, 0.6) is 5.75 Å². The quantitative estimate of drug-likeness (QED) is 0.691. The molecule has 5 rings (SSSR count). The number of amides is 2. The van der Waals surface area contributed by atoms with Crippen LogP contribution in [0.2, 0.25) is 0 Å². The van der Waals surface area contributed by atoms with Gasteiger partial charge >= 0.3 is 6.03 Å². The molecule has 4 heterocycles. The van der Waals surface area contributed by atoms with Crippen molar-refractivity contribution in [3.8, 4) is 16.9 Å². The molecule has 0 unspecified atom stereocenters. The van der Waals surface area contributed by atoms with E-state index in [4.69, 9.17) is 9.47 Å². The van der Waals surface area contributed by atoms with E-state index in [1.54, 1.807) is 19.5 Å². The van der Waals surface area contributed by atoms with Gasteiger partial charge < -0.3 is 19.4 Å². The first-order chi connectivity index (χ1) is 14.7. The van der Waals surface area contributed by atoms with Crippen molar-refractivity contribution in [3.05, 3.63) is 36.7 Å². The number of methoxy groups -OCH3 is 1. The Morgan fingerprint density at radius 2 is 2.00 bits per heavy atom. The van der Waals surface area contributed by atoms with Crippen LogP contribution in [0.25, 0.3) is 22.2 Å². The Morgan fingerprint density at radius 3 is 2.77 bits per heavy atom. The Kier molecular flexibility index (Phi) is 4.78. The smallest absolute Gasteiger partial charge is 0.324 e. The molecule has 1 spiro atoms. The van der Waals surface area contributed by atoms with Gasteiger partial charge in [-0.1, -0.05) is 0 Å². The summed E-state index contributed by atoms with van der Waals surface area (Å²) >= 11 is 0. The molecule has 0 saturated carbocycles. The summed E-state index contributed by atoms with van der Waals surface area (Å²) in [5.74, 6) is 1.10. The number of hydrogen-bond acceptors (Lipinski definition) is 5. The molecular formula is C22H25N5O3.